The van der Waals surface area contributed by atoms with Crippen molar-refractivity contribution in [2.45, 2.75) is 82.7 Å². The molecule has 0 radical (unpaired) electrons. The molecule has 0 heterocycles. The smallest absolute Gasteiger partial charge is 0.107 e. The molecule has 96 valence electrons. The van der Waals surface area contributed by atoms with E-state index in [2.05, 4.69) is 18.3 Å². The van der Waals surface area contributed by atoms with Crippen molar-refractivity contribution in [2.24, 2.45) is 5.92 Å². The van der Waals surface area contributed by atoms with Crippen LogP contribution in [0.25, 0.3) is 0 Å². The number of nitrogens with one attached hydrogen (secondary N) is 1. The van der Waals surface area contributed by atoms with Crippen LogP contribution in [-0.4, -0.2) is 11.6 Å². The molecule has 0 bridgehead atoms. The van der Waals surface area contributed by atoms with E-state index in [9.17, 15) is 5.26 Å². The Morgan fingerprint density at radius 2 is 1.76 bits per heavy atom. The average Bonchev–Trinajstić information content (AvgIpc) is 2.57. The summed E-state index contributed by atoms with van der Waals surface area (Å²) in [6.45, 7) is 2.29. The van der Waals surface area contributed by atoms with Gasteiger partial charge in [-0.05, 0) is 31.6 Å². The number of hydrogen-bond acceptors (Lipinski definition) is 2. The third-order valence-corrected chi connectivity index (χ3v) is 4.55. The first kappa shape index (κ1) is 12.9. The van der Waals surface area contributed by atoms with Crippen LogP contribution in [0.2, 0.25) is 0 Å². The Morgan fingerprint density at radius 3 is 2.35 bits per heavy atom. The highest BCUT2D eigenvalue weighted by atomic mass is 15.0. The number of hydrogen-bond donors (Lipinski definition) is 1. The van der Waals surface area contributed by atoms with Crippen LogP contribution in [-0.2, 0) is 0 Å². The monoisotopic (exact) mass is 234 g/mol. The van der Waals surface area contributed by atoms with Crippen molar-refractivity contribution in [3.05, 3.63) is 0 Å². The maximum atomic E-state index is 9.55. The van der Waals surface area contributed by atoms with Gasteiger partial charge in [0.1, 0.15) is 5.54 Å². The zero-order chi connectivity index (χ0) is 12.1. The standard InChI is InChI=1S/C15H26N2/c1-13-7-6-10-15(11-13,12-16)17-14-8-4-2-3-5-9-14/h13-14,17H,2-11H2,1H3. The minimum absolute atomic E-state index is 0.202. The van der Waals surface area contributed by atoms with Crippen molar-refractivity contribution in [3.8, 4) is 6.07 Å². The van der Waals surface area contributed by atoms with Crippen LogP contribution in [0.5, 0.6) is 0 Å². The van der Waals surface area contributed by atoms with E-state index in [-0.39, 0.29) is 5.54 Å². The Bertz CT molecular complexity index is 273. The van der Waals surface area contributed by atoms with E-state index in [1.54, 1.807) is 0 Å². The lowest BCUT2D eigenvalue weighted by atomic mass is 9.76. The number of rotatable bonds is 2. The topological polar surface area (TPSA) is 35.8 Å². The van der Waals surface area contributed by atoms with Gasteiger partial charge < -0.3 is 0 Å². The average molecular weight is 234 g/mol. The van der Waals surface area contributed by atoms with Crippen molar-refractivity contribution >= 4 is 0 Å². The molecule has 2 atom stereocenters. The maximum absolute atomic E-state index is 9.55. The summed E-state index contributed by atoms with van der Waals surface area (Å²) >= 11 is 0. The molecule has 2 saturated carbocycles. The van der Waals surface area contributed by atoms with Gasteiger partial charge in [0.15, 0.2) is 0 Å². The Hall–Kier alpha value is -0.550. The van der Waals surface area contributed by atoms with Crippen molar-refractivity contribution in [2.75, 3.05) is 0 Å². The van der Waals surface area contributed by atoms with Gasteiger partial charge in [0.05, 0.1) is 6.07 Å². The molecule has 0 aliphatic heterocycles. The summed E-state index contributed by atoms with van der Waals surface area (Å²) < 4.78 is 0. The molecule has 2 rings (SSSR count). The van der Waals surface area contributed by atoms with Crippen molar-refractivity contribution in [1.29, 1.82) is 5.26 Å². The Labute approximate surface area is 106 Å². The van der Waals surface area contributed by atoms with Crippen LogP contribution in [0, 0.1) is 17.2 Å². The van der Waals surface area contributed by atoms with Gasteiger partial charge in [-0.2, -0.15) is 5.26 Å². The first-order valence-electron chi connectivity index (χ1n) is 7.43. The summed E-state index contributed by atoms with van der Waals surface area (Å²) in [6, 6.07) is 3.20. The first-order valence-corrected chi connectivity index (χ1v) is 7.43. The van der Waals surface area contributed by atoms with E-state index in [1.807, 2.05) is 0 Å². The van der Waals surface area contributed by atoms with Crippen LogP contribution in [0.1, 0.15) is 71.1 Å². The van der Waals surface area contributed by atoms with Crippen LogP contribution in [0.3, 0.4) is 0 Å². The largest absolute Gasteiger partial charge is 0.297 e. The molecule has 2 fully saturated rings. The molecule has 2 nitrogen and oxygen atoms in total. The van der Waals surface area contributed by atoms with Gasteiger partial charge in [0.2, 0.25) is 0 Å². The fourth-order valence-corrected chi connectivity index (χ4v) is 3.63. The van der Waals surface area contributed by atoms with Crippen LogP contribution in [0.15, 0.2) is 0 Å². The predicted octanol–water partition coefficient (Wildman–Crippen LogP) is 3.77. The molecule has 0 aromatic heterocycles. The highest BCUT2D eigenvalue weighted by Crippen LogP contribution is 2.33. The van der Waals surface area contributed by atoms with Gasteiger partial charge in [-0.3, -0.25) is 5.32 Å². The fraction of sp³-hybridized carbons (Fsp3) is 0.933. The highest BCUT2D eigenvalue weighted by molar-refractivity contribution is 5.10. The molecule has 0 aromatic rings. The zero-order valence-corrected chi connectivity index (χ0v) is 11.2. The van der Waals surface area contributed by atoms with Crippen molar-refractivity contribution in [3.63, 3.8) is 0 Å². The third-order valence-electron chi connectivity index (χ3n) is 4.55. The highest BCUT2D eigenvalue weighted by Gasteiger charge is 2.36. The summed E-state index contributed by atoms with van der Waals surface area (Å²) in [7, 11) is 0. The quantitative estimate of drug-likeness (QED) is 0.738. The molecule has 1 N–H and O–H groups in total. The normalized spacial score (nSPS) is 36.1. The molecule has 0 spiro atoms. The van der Waals surface area contributed by atoms with E-state index in [4.69, 9.17) is 0 Å². The van der Waals surface area contributed by atoms with Gasteiger partial charge in [0, 0.05) is 6.04 Å². The second kappa shape index (κ2) is 5.87. The van der Waals surface area contributed by atoms with Crippen molar-refractivity contribution < 1.29 is 0 Å². The molecule has 2 aliphatic rings. The maximum Gasteiger partial charge on any atom is 0.107 e. The minimum atomic E-state index is -0.202. The van der Waals surface area contributed by atoms with E-state index in [0.717, 1.165) is 12.8 Å². The molecule has 2 unspecified atom stereocenters. The lowest BCUT2D eigenvalue weighted by Crippen LogP contribution is -2.51. The molecular weight excluding hydrogens is 208 g/mol. The van der Waals surface area contributed by atoms with Gasteiger partial charge in [-0.25, -0.2) is 0 Å². The minimum Gasteiger partial charge on any atom is -0.297 e. The molecule has 2 aliphatic carbocycles. The lowest BCUT2D eigenvalue weighted by molar-refractivity contribution is 0.214. The Morgan fingerprint density at radius 1 is 1.06 bits per heavy atom. The van der Waals surface area contributed by atoms with Crippen LogP contribution in [0.4, 0.5) is 0 Å². The fourth-order valence-electron chi connectivity index (χ4n) is 3.63. The van der Waals surface area contributed by atoms with E-state index >= 15 is 0 Å². The van der Waals surface area contributed by atoms with Crippen LogP contribution >= 0.6 is 0 Å². The molecule has 0 saturated heterocycles. The van der Waals surface area contributed by atoms with Gasteiger partial charge in [-0.1, -0.05) is 45.4 Å². The van der Waals surface area contributed by atoms with E-state index in [1.165, 1.54) is 51.4 Å². The number of nitriles is 1. The Balaban J connectivity index is 1.95. The molecule has 0 amide bonds. The summed E-state index contributed by atoms with van der Waals surface area (Å²) in [5.41, 5.74) is -0.202. The summed E-state index contributed by atoms with van der Waals surface area (Å²) in [4.78, 5) is 0. The Kier molecular flexibility index (Phi) is 4.45. The van der Waals surface area contributed by atoms with Crippen molar-refractivity contribution in [1.82, 2.24) is 5.32 Å². The second-order valence-electron chi connectivity index (χ2n) is 6.23. The SMILES string of the molecule is CC1CCCC(C#N)(NC2CCCCCC2)C1. The van der Waals surface area contributed by atoms with E-state index < -0.39 is 0 Å². The number of nitrogens with zero attached hydrogens (tertiary/aromatic N) is 1. The lowest BCUT2D eigenvalue weighted by Gasteiger charge is -2.38. The van der Waals surface area contributed by atoms with Gasteiger partial charge in [-0.15, -0.1) is 0 Å². The van der Waals surface area contributed by atoms with Crippen LogP contribution < -0.4 is 5.32 Å². The molecular formula is C15H26N2. The second-order valence-corrected chi connectivity index (χ2v) is 6.23. The summed E-state index contributed by atoms with van der Waals surface area (Å²) in [5.74, 6) is 0.710. The predicted molar refractivity (Wildman–Crippen MR) is 70.6 cm³/mol. The molecule has 2 heteroatoms. The molecule has 0 aromatic carbocycles. The summed E-state index contributed by atoms with van der Waals surface area (Å²) in [6.07, 6.45) is 12.6. The summed E-state index contributed by atoms with van der Waals surface area (Å²) in [5, 5.41) is 13.3. The zero-order valence-electron chi connectivity index (χ0n) is 11.2. The molecule has 17 heavy (non-hydrogen) atoms. The van der Waals surface area contributed by atoms with Gasteiger partial charge in [0.25, 0.3) is 0 Å². The first-order chi connectivity index (χ1) is 8.24. The van der Waals surface area contributed by atoms with E-state index in [0.29, 0.717) is 12.0 Å². The van der Waals surface area contributed by atoms with Gasteiger partial charge >= 0.3 is 0 Å². The third kappa shape index (κ3) is 3.45.